The van der Waals surface area contributed by atoms with Crippen molar-refractivity contribution in [2.24, 2.45) is 0 Å². The second kappa shape index (κ2) is 5.46. The van der Waals surface area contributed by atoms with E-state index >= 15 is 0 Å². The molecular formula is C16H14O2Te. The molecule has 1 unspecified atom stereocenters. The van der Waals surface area contributed by atoms with E-state index in [1.165, 1.54) is 12.8 Å². The number of methoxy groups -OCH3 is 1. The maximum atomic E-state index is 11.8. The van der Waals surface area contributed by atoms with Crippen LogP contribution in [-0.2, 0) is 9.53 Å². The van der Waals surface area contributed by atoms with Crippen LogP contribution in [0.1, 0.15) is 12.0 Å². The molecule has 0 bridgehead atoms. The van der Waals surface area contributed by atoms with Gasteiger partial charge >= 0.3 is 123 Å². The topological polar surface area (TPSA) is 26.3 Å². The number of benzene rings is 1. The van der Waals surface area contributed by atoms with Gasteiger partial charge in [-0.05, 0) is 0 Å². The van der Waals surface area contributed by atoms with Crippen LogP contribution in [0.3, 0.4) is 0 Å². The zero-order valence-electron chi connectivity index (χ0n) is 10.6. The molecule has 0 fully saturated rings. The van der Waals surface area contributed by atoms with E-state index in [-0.39, 0.29) is 11.9 Å². The van der Waals surface area contributed by atoms with Crippen molar-refractivity contribution in [1.29, 1.82) is 0 Å². The van der Waals surface area contributed by atoms with Crippen molar-refractivity contribution in [3.63, 3.8) is 0 Å². The Labute approximate surface area is 122 Å². The van der Waals surface area contributed by atoms with Gasteiger partial charge < -0.3 is 0 Å². The predicted octanol–water partition coefficient (Wildman–Crippen LogP) is 2.54. The van der Waals surface area contributed by atoms with Gasteiger partial charge in [0.05, 0.1) is 0 Å². The molecule has 1 aromatic carbocycles. The number of fused-ring (bicyclic) bond motifs is 1. The Bertz CT molecular complexity index is 596. The Hall–Kier alpha value is -1.14. The molecule has 1 aliphatic heterocycles. The summed E-state index contributed by atoms with van der Waals surface area (Å²) in [7, 11) is 1.61. The molecule has 1 aliphatic carbocycles. The van der Waals surface area contributed by atoms with Crippen molar-refractivity contribution < 1.29 is 9.53 Å². The zero-order chi connectivity index (χ0) is 13.2. The summed E-state index contributed by atoms with van der Waals surface area (Å²) in [6.07, 6.45) is 6.49. The average Bonchev–Trinajstić information content (AvgIpc) is 2.47. The first kappa shape index (κ1) is 12.9. The molecule has 1 heterocycles. The van der Waals surface area contributed by atoms with Gasteiger partial charge in [0.2, 0.25) is 0 Å². The van der Waals surface area contributed by atoms with Crippen molar-refractivity contribution in [2.75, 3.05) is 7.11 Å². The van der Waals surface area contributed by atoms with Crippen LogP contribution in [0.4, 0.5) is 0 Å². The van der Waals surface area contributed by atoms with Gasteiger partial charge in [0.1, 0.15) is 0 Å². The number of carbonyl (C=O) groups excluding carboxylic acids is 1. The quantitative estimate of drug-likeness (QED) is 0.753. The van der Waals surface area contributed by atoms with Gasteiger partial charge in [-0.15, -0.1) is 0 Å². The molecule has 19 heavy (non-hydrogen) atoms. The third-order valence-corrected chi connectivity index (χ3v) is 6.74. The van der Waals surface area contributed by atoms with Gasteiger partial charge in [0.15, 0.2) is 0 Å². The monoisotopic (exact) mass is 368 g/mol. The van der Waals surface area contributed by atoms with Crippen LogP contribution in [-0.4, -0.2) is 39.9 Å². The normalized spacial score (nSPS) is 22.3. The van der Waals surface area contributed by atoms with Crippen molar-refractivity contribution >= 4 is 30.3 Å². The minimum atomic E-state index is -0.422. The number of ether oxygens (including phenoxy) is 1. The summed E-state index contributed by atoms with van der Waals surface area (Å²) >= 11 is -0.422. The fourth-order valence-electron chi connectivity index (χ4n) is 2.32. The van der Waals surface area contributed by atoms with Crippen molar-refractivity contribution in [3.05, 3.63) is 63.3 Å². The number of carbonyl (C=O) groups is 1. The number of rotatable bonds is 2. The fraction of sp³-hybridized carbons (Fsp3) is 0.188. The molecule has 1 aromatic rings. The molecule has 0 radical (unpaired) electrons. The molecule has 2 aliphatic rings. The third kappa shape index (κ3) is 2.47. The summed E-state index contributed by atoms with van der Waals surface area (Å²) in [5.74, 6) is 0.168. The summed E-state index contributed by atoms with van der Waals surface area (Å²) in [6, 6.07) is 10.5. The van der Waals surface area contributed by atoms with E-state index in [2.05, 4.69) is 42.5 Å². The van der Waals surface area contributed by atoms with Gasteiger partial charge in [-0.2, -0.15) is 0 Å². The molecule has 96 valence electrons. The molecule has 0 spiro atoms. The van der Waals surface area contributed by atoms with E-state index in [0.717, 1.165) is 5.57 Å². The Morgan fingerprint density at radius 1 is 1.16 bits per heavy atom. The summed E-state index contributed by atoms with van der Waals surface area (Å²) < 4.78 is 8.13. The van der Waals surface area contributed by atoms with E-state index in [1.54, 1.807) is 7.11 Å². The fourth-order valence-corrected chi connectivity index (χ4v) is 5.43. The predicted molar refractivity (Wildman–Crippen MR) is 76.8 cm³/mol. The number of hydrogen-bond donors (Lipinski definition) is 0. The minimum absolute atomic E-state index is 0.168. The standard InChI is InChI=1S/C16H14O2Te/c1-18-16-12-7-9-14(11-5-3-2-4-6-11)19-15(12)10-8-13(16)17/h2-7,9-10,16H,8H2,1H3. The number of ketones is 1. The van der Waals surface area contributed by atoms with Crippen molar-refractivity contribution in [3.8, 4) is 0 Å². The second-order valence-corrected chi connectivity index (χ2v) is 7.57. The molecule has 3 heteroatoms. The van der Waals surface area contributed by atoms with Crippen LogP contribution >= 0.6 is 0 Å². The molecule has 2 nitrogen and oxygen atoms in total. The third-order valence-electron chi connectivity index (χ3n) is 3.28. The van der Waals surface area contributed by atoms with E-state index in [0.29, 0.717) is 6.42 Å². The Morgan fingerprint density at radius 2 is 1.95 bits per heavy atom. The van der Waals surface area contributed by atoms with Crippen LogP contribution in [0.5, 0.6) is 0 Å². The molecule has 0 aromatic heterocycles. The molecule has 1 atom stereocenters. The van der Waals surface area contributed by atoms with Crippen LogP contribution in [0, 0.1) is 0 Å². The van der Waals surface area contributed by atoms with Crippen molar-refractivity contribution in [1.82, 2.24) is 0 Å². The first-order valence-corrected chi connectivity index (χ1v) is 8.54. The number of allylic oxidation sites excluding steroid dienone is 3. The summed E-state index contributed by atoms with van der Waals surface area (Å²) in [5, 5.41) is 0. The summed E-state index contributed by atoms with van der Waals surface area (Å²) in [4.78, 5) is 11.8. The van der Waals surface area contributed by atoms with Gasteiger partial charge in [-0.3, -0.25) is 0 Å². The first-order valence-electron chi connectivity index (χ1n) is 6.21. The maximum absolute atomic E-state index is 11.8. The van der Waals surface area contributed by atoms with Gasteiger partial charge in [0, 0.05) is 0 Å². The SMILES string of the molecule is COC1C(=O)CC=C2[Te]C(c3ccccc3)=CC=C21. The molecule has 0 amide bonds. The van der Waals surface area contributed by atoms with Crippen molar-refractivity contribution in [2.45, 2.75) is 12.5 Å². The van der Waals surface area contributed by atoms with Gasteiger partial charge in [-0.25, -0.2) is 0 Å². The summed E-state index contributed by atoms with van der Waals surface area (Å²) in [5.41, 5.74) is 2.38. The van der Waals surface area contributed by atoms with Gasteiger partial charge in [0.25, 0.3) is 0 Å². The average molecular weight is 366 g/mol. The Morgan fingerprint density at radius 3 is 2.68 bits per heavy atom. The number of hydrogen-bond acceptors (Lipinski definition) is 2. The van der Waals surface area contributed by atoms with Crippen LogP contribution in [0.2, 0.25) is 0 Å². The van der Waals surface area contributed by atoms with Crippen LogP contribution < -0.4 is 0 Å². The van der Waals surface area contributed by atoms with Crippen LogP contribution in [0.25, 0.3) is 3.62 Å². The van der Waals surface area contributed by atoms with E-state index < -0.39 is 20.9 Å². The Balaban J connectivity index is 1.97. The van der Waals surface area contributed by atoms with E-state index in [4.69, 9.17) is 4.74 Å². The second-order valence-electron chi connectivity index (χ2n) is 4.48. The van der Waals surface area contributed by atoms with E-state index in [9.17, 15) is 4.79 Å². The number of Topliss-reactive ketones (excluding diaryl/α,β-unsaturated/α-hetero) is 1. The van der Waals surface area contributed by atoms with Crippen LogP contribution in [0.15, 0.2) is 57.8 Å². The zero-order valence-corrected chi connectivity index (χ0v) is 13.0. The molecule has 3 rings (SSSR count). The van der Waals surface area contributed by atoms with E-state index in [1.807, 2.05) is 6.07 Å². The summed E-state index contributed by atoms with van der Waals surface area (Å²) in [6.45, 7) is 0. The first-order chi connectivity index (χ1) is 9.29. The molecular weight excluding hydrogens is 352 g/mol. The molecule has 0 saturated carbocycles. The van der Waals surface area contributed by atoms with Gasteiger partial charge in [-0.1, -0.05) is 0 Å². The molecule has 0 N–H and O–H groups in total. The Kier molecular flexibility index (Phi) is 3.70. The molecule has 0 saturated heterocycles.